The Hall–Kier alpha value is -0.0400. The van der Waals surface area contributed by atoms with Crippen molar-refractivity contribution in [2.75, 3.05) is 6.54 Å². The summed E-state index contributed by atoms with van der Waals surface area (Å²) in [6, 6.07) is 0. The second kappa shape index (κ2) is 2.91. The molecule has 1 nitrogen and oxygen atoms in total. The van der Waals surface area contributed by atoms with E-state index >= 15 is 0 Å². The molecule has 0 aliphatic heterocycles. The van der Waals surface area contributed by atoms with Crippen LogP contribution in [0.2, 0.25) is 0 Å². The topological polar surface area (TPSA) is 26.0 Å². The first kappa shape index (κ1) is 8.06. The fourth-order valence-electron chi connectivity index (χ4n) is 2.03. The van der Waals surface area contributed by atoms with Crippen molar-refractivity contribution in [2.45, 2.75) is 39.5 Å². The summed E-state index contributed by atoms with van der Waals surface area (Å²) in [5, 5.41) is 0. The standard InChI is InChI=1S/C9H19N/c1-8(2)6-9(7-10)4-3-5-9/h8H,3-7,10H2,1-2H3. The van der Waals surface area contributed by atoms with Crippen molar-refractivity contribution in [2.24, 2.45) is 17.1 Å². The molecule has 0 aromatic rings. The van der Waals surface area contributed by atoms with Gasteiger partial charge >= 0.3 is 0 Å². The number of nitrogens with two attached hydrogens (primary N) is 1. The Kier molecular flexibility index (Phi) is 2.35. The first-order chi connectivity index (χ1) is 4.68. The van der Waals surface area contributed by atoms with E-state index in [0.717, 1.165) is 12.5 Å². The Balaban J connectivity index is 2.33. The summed E-state index contributed by atoms with van der Waals surface area (Å²) in [4.78, 5) is 0. The normalized spacial score (nSPS) is 22.8. The van der Waals surface area contributed by atoms with E-state index in [0.29, 0.717) is 5.41 Å². The fourth-order valence-corrected chi connectivity index (χ4v) is 2.03. The maximum atomic E-state index is 5.72. The lowest BCUT2D eigenvalue weighted by Gasteiger charge is -2.42. The number of hydrogen-bond donors (Lipinski definition) is 1. The van der Waals surface area contributed by atoms with Crippen molar-refractivity contribution in [1.82, 2.24) is 0 Å². The third-order valence-electron chi connectivity index (χ3n) is 2.69. The summed E-state index contributed by atoms with van der Waals surface area (Å²) in [5.41, 5.74) is 6.28. The van der Waals surface area contributed by atoms with E-state index in [4.69, 9.17) is 5.73 Å². The van der Waals surface area contributed by atoms with Crippen LogP contribution in [-0.4, -0.2) is 6.54 Å². The van der Waals surface area contributed by atoms with Crippen molar-refractivity contribution in [3.05, 3.63) is 0 Å². The molecule has 1 saturated carbocycles. The smallest absolute Gasteiger partial charge is 0.00204 e. The molecule has 0 saturated heterocycles. The molecule has 1 rings (SSSR count). The van der Waals surface area contributed by atoms with Gasteiger partial charge in [-0.05, 0) is 37.1 Å². The van der Waals surface area contributed by atoms with Crippen LogP contribution in [0.5, 0.6) is 0 Å². The van der Waals surface area contributed by atoms with E-state index in [1.165, 1.54) is 25.7 Å². The molecule has 0 spiro atoms. The molecule has 1 fully saturated rings. The van der Waals surface area contributed by atoms with Gasteiger partial charge in [0, 0.05) is 0 Å². The van der Waals surface area contributed by atoms with Crippen LogP contribution < -0.4 is 5.73 Å². The average molecular weight is 141 g/mol. The van der Waals surface area contributed by atoms with Gasteiger partial charge in [-0.15, -0.1) is 0 Å². The van der Waals surface area contributed by atoms with Gasteiger partial charge < -0.3 is 5.73 Å². The highest BCUT2D eigenvalue weighted by molar-refractivity contribution is 4.88. The Morgan fingerprint density at radius 3 is 2.10 bits per heavy atom. The highest BCUT2D eigenvalue weighted by Gasteiger charge is 2.35. The molecule has 0 heterocycles. The minimum atomic E-state index is 0.564. The van der Waals surface area contributed by atoms with Gasteiger partial charge in [-0.1, -0.05) is 20.3 Å². The first-order valence-electron chi connectivity index (χ1n) is 4.39. The zero-order chi connectivity index (χ0) is 7.61. The van der Waals surface area contributed by atoms with Crippen LogP contribution >= 0.6 is 0 Å². The van der Waals surface area contributed by atoms with Gasteiger partial charge in [-0.3, -0.25) is 0 Å². The molecule has 0 unspecified atom stereocenters. The zero-order valence-corrected chi connectivity index (χ0v) is 7.19. The largest absolute Gasteiger partial charge is 0.330 e. The van der Waals surface area contributed by atoms with Crippen molar-refractivity contribution in [3.8, 4) is 0 Å². The van der Waals surface area contributed by atoms with Crippen LogP contribution in [0.3, 0.4) is 0 Å². The summed E-state index contributed by atoms with van der Waals surface area (Å²) < 4.78 is 0. The second-order valence-corrected chi connectivity index (χ2v) is 4.16. The van der Waals surface area contributed by atoms with Crippen LogP contribution in [-0.2, 0) is 0 Å². The van der Waals surface area contributed by atoms with Gasteiger partial charge in [-0.2, -0.15) is 0 Å². The molecule has 1 aliphatic carbocycles. The number of hydrogen-bond acceptors (Lipinski definition) is 1. The molecule has 0 atom stereocenters. The minimum Gasteiger partial charge on any atom is -0.330 e. The van der Waals surface area contributed by atoms with E-state index in [1.807, 2.05) is 0 Å². The average Bonchev–Trinajstić information content (AvgIpc) is 1.78. The van der Waals surface area contributed by atoms with Gasteiger partial charge in [0.25, 0.3) is 0 Å². The SMILES string of the molecule is CC(C)CC1(CN)CCC1. The van der Waals surface area contributed by atoms with Gasteiger partial charge in [0.15, 0.2) is 0 Å². The molecule has 2 N–H and O–H groups in total. The molecule has 0 amide bonds. The van der Waals surface area contributed by atoms with Crippen LogP contribution in [0.15, 0.2) is 0 Å². The summed E-state index contributed by atoms with van der Waals surface area (Å²) in [6.07, 6.45) is 5.50. The third kappa shape index (κ3) is 1.51. The highest BCUT2D eigenvalue weighted by Crippen LogP contribution is 2.44. The summed E-state index contributed by atoms with van der Waals surface area (Å²) in [6.45, 7) is 5.48. The fraction of sp³-hybridized carbons (Fsp3) is 1.00. The zero-order valence-electron chi connectivity index (χ0n) is 7.19. The first-order valence-corrected chi connectivity index (χ1v) is 4.39. The van der Waals surface area contributed by atoms with Gasteiger partial charge in [-0.25, -0.2) is 0 Å². The Labute approximate surface area is 64.0 Å². The van der Waals surface area contributed by atoms with Gasteiger partial charge in [0.05, 0.1) is 0 Å². The Morgan fingerprint density at radius 2 is 2.00 bits per heavy atom. The molecule has 1 heteroatoms. The lowest BCUT2D eigenvalue weighted by molar-refractivity contribution is 0.111. The predicted octanol–water partition coefficient (Wildman–Crippen LogP) is 2.16. The molecule has 0 aromatic heterocycles. The van der Waals surface area contributed by atoms with Crippen LogP contribution in [0.25, 0.3) is 0 Å². The third-order valence-corrected chi connectivity index (χ3v) is 2.69. The van der Waals surface area contributed by atoms with Crippen LogP contribution in [0.4, 0.5) is 0 Å². The summed E-state index contributed by atoms with van der Waals surface area (Å²) in [7, 11) is 0. The summed E-state index contributed by atoms with van der Waals surface area (Å²) in [5.74, 6) is 0.823. The van der Waals surface area contributed by atoms with Crippen molar-refractivity contribution < 1.29 is 0 Å². The van der Waals surface area contributed by atoms with Gasteiger partial charge in [0.1, 0.15) is 0 Å². The second-order valence-electron chi connectivity index (χ2n) is 4.16. The van der Waals surface area contributed by atoms with Crippen LogP contribution in [0.1, 0.15) is 39.5 Å². The van der Waals surface area contributed by atoms with Crippen LogP contribution in [0, 0.1) is 11.3 Å². The van der Waals surface area contributed by atoms with Crippen molar-refractivity contribution in [1.29, 1.82) is 0 Å². The quantitative estimate of drug-likeness (QED) is 0.640. The van der Waals surface area contributed by atoms with E-state index in [-0.39, 0.29) is 0 Å². The minimum absolute atomic E-state index is 0.564. The molecular formula is C9H19N. The van der Waals surface area contributed by atoms with Gasteiger partial charge in [0.2, 0.25) is 0 Å². The molecule has 0 aromatic carbocycles. The monoisotopic (exact) mass is 141 g/mol. The molecular weight excluding hydrogens is 122 g/mol. The molecule has 1 aliphatic rings. The maximum Gasteiger partial charge on any atom is -0.00204 e. The highest BCUT2D eigenvalue weighted by atomic mass is 14.6. The van der Waals surface area contributed by atoms with E-state index in [2.05, 4.69) is 13.8 Å². The summed E-state index contributed by atoms with van der Waals surface area (Å²) >= 11 is 0. The van der Waals surface area contributed by atoms with E-state index in [1.54, 1.807) is 0 Å². The lowest BCUT2D eigenvalue weighted by Crippen LogP contribution is -2.38. The Morgan fingerprint density at radius 1 is 1.40 bits per heavy atom. The molecule has 0 radical (unpaired) electrons. The molecule has 0 bridgehead atoms. The number of rotatable bonds is 3. The van der Waals surface area contributed by atoms with E-state index in [9.17, 15) is 0 Å². The predicted molar refractivity (Wildman–Crippen MR) is 44.8 cm³/mol. The maximum absolute atomic E-state index is 5.72. The molecule has 10 heavy (non-hydrogen) atoms. The molecule has 60 valence electrons. The van der Waals surface area contributed by atoms with E-state index < -0.39 is 0 Å². The van der Waals surface area contributed by atoms with Crippen molar-refractivity contribution in [3.63, 3.8) is 0 Å². The Bertz CT molecular complexity index is 97.8. The lowest BCUT2D eigenvalue weighted by atomic mass is 9.65. The van der Waals surface area contributed by atoms with Crippen molar-refractivity contribution >= 4 is 0 Å².